The van der Waals surface area contributed by atoms with Crippen molar-refractivity contribution in [2.75, 3.05) is 6.26 Å². The summed E-state index contributed by atoms with van der Waals surface area (Å²) in [6, 6.07) is 15.4. The summed E-state index contributed by atoms with van der Waals surface area (Å²) >= 11 is 1.64. The molecule has 0 saturated carbocycles. The van der Waals surface area contributed by atoms with Gasteiger partial charge in [0, 0.05) is 23.4 Å². The molecule has 0 atom stereocenters. The summed E-state index contributed by atoms with van der Waals surface area (Å²) in [6.45, 7) is 14.4. The minimum atomic E-state index is 0.475. The highest BCUT2D eigenvalue weighted by Crippen LogP contribution is 2.31. The first-order chi connectivity index (χ1) is 15.9. The summed E-state index contributed by atoms with van der Waals surface area (Å²) in [5.41, 5.74) is 11.0. The van der Waals surface area contributed by atoms with E-state index in [2.05, 4.69) is 95.0 Å². The fourth-order valence-electron chi connectivity index (χ4n) is 4.25. The third kappa shape index (κ3) is 5.99. The topological polar surface area (TPSA) is 34.1 Å². The Balaban J connectivity index is 2.01. The molecule has 0 aliphatic rings. The molecule has 0 spiro atoms. The van der Waals surface area contributed by atoms with Crippen LogP contribution >= 0.6 is 11.9 Å². The molecule has 33 heavy (non-hydrogen) atoms. The summed E-state index contributed by atoms with van der Waals surface area (Å²) in [5.74, 6) is 1.43. The number of nitrogens with one attached hydrogen (secondary N) is 1. The minimum absolute atomic E-state index is 0.475. The number of aryl methyl sites for hydroxylation is 4. The summed E-state index contributed by atoms with van der Waals surface area (Å²) in [7, 11) is 0. The van der Waals surface area contributed by atoms with E-state index in [0.29, 0.717) is 12.5 Å². The highest BCUT2D eigenvalue weighted by atomic mass is 32.2. The predicted molar refractivity (Wildman–Crippen MR) is 143 cm³/mol. The van der Waals surface area contributed by atoms with Crippen LogP contribution in [0.2, 0.25) is 0 Å². The maximum atomic E-state index is 6.38. The van der Waals surface area contributed by atoms with Crippen molar-refractivity contribution in [1.29, 1.82) is 0 Å². The van der Waals surface area contributed by atoms with Gasteiger partial charge in [-0.1, -0.05) is 70.0 Å². The molecular formula is C29H38N2OS. The Morgan fingerprint density at radius 1 is 0.970 bits per heavy atom. The number of ether oxygens (including phenoxy) is 1. The molecule has 1 heterocycles. The normalized spacial score (nSPS) is 11.3. The van der Waals surface area contributed by atoms with Crippen molar-refractivity contribution < 1.29 is 4.74 Å². The Morgan fingerprint density at radius 2 is 1.67 bits per heavy atom. The molecule has 1 N–H and O–H groups in total. The molecule has 0 fully saturated rings. The number of aromatic nitrogens is 1. The molecule has 0 amide bonds. The van der Waals surface area contributed by atoms with Crippen molar-refractivity contribution in [3.05, 3.63) is 81.5 Å². The number of benzene rings is 2. The van der Waals surface area contributed by atoms with E-state index in [4.69, 9.17) is 9.72 Å². The fourth-order valence-corrected chi connectivity index (χ4v) is 4.55. The monoisotopic (exact) mass is 462 g/mol. The number of rotatable bonds is 10. The standard InChI is InChI=1S/C29H38N2OS/c1-8-22-11-10-12-23(9-2)29(22)27-15-25(17-30-33-7)26(21(6)31-27)18-32-28-16-24(19(3)4)14-13-20(28)5/h10-16,19,30H,8-9,17-18H2,1-7H3. The van der Waals surface area contributed by atoms with Crippen LogP contribution in [-0.2, 0) is 26.0 Å². The smallest absolute Gasteiger partial charge is 0.123 e. The lowest BCUT2D eigenvalue weighted by Gasteiger charge is -2.19. The maximum Gasteiger partial charge on any atom is 0.123 e. The summed E-state index contributed by atoms with van der Waals surface area (Å²) in [6.07, 6.45) is 4.06. The predicted octanol–water partition coefficient (Wildman–Crippen LogP) is 7.56. The Morgan fingerprint density at radius 3 is 2.27 bits per heavy atom. The molecule has 2 aromatic carbocycles. The van der Waals surface area contributed by atoms with Gasteiger partial charge in [0.15, 0.2) is 0 Å². The van der Waals surface area contributed by atoms with Gasteiger partial charge in [-0.3, -0.25) is 9.71 Å². The minimum Gasteiger partial charge on any atom is -0.489 e. The molecule has 0 radical (unpaired) electrons. The van der Waals surface area contributed by atoms with Gasteiger partial charge in [-0.25, -0.2) is 0 Å². The van der Waals surface area contributed by atoms with Crippen molar-refractivity contribution in [1.82, 2.24) is 9.71 Å². The van der Waals surface area contributed by atoms with Crippen LogP contribution in [0.5, 0.6) is 5.75 Å². The molecule has 4 heteroatoms. The first kappa shape index (κ1) is 25.3. The lowest BCUT2D eigenvalue weighted by atomic mass is 9.93. The van der Waals surface area contributed by atoms with E-state index in [1.165, 1.54) is 33.4 Å². The van der Waals surface area contributed by atoms with Gasteiger partial charge in [0.25, 0.3) is 0 Å². The van der Waals surface area contributed by atoms with Crippen molar-refractivity contribution in [2.45, 2.75) is 73.5 Å². The number of hydrogen-bond donors (Lipinski definition) is 1. The summed E-state index contributed by atoms with van der Waals surface area (Å²) < 4.78 is 9.81. The van der Waals surface area contributed by atoms with Crippen LogP contribution in [0, 0.1) is 13.8 Å². The zero-order chi connectivity index (χ0) is 24.0. The molecule has 3 aromatic rings. The van der Waals surface area contributed by atoms with E-state index in [1.54, 1.807) is 11.9 Å². The zero-order valence-electron chi connectivity index (χ0n) is 21.2. The van der Waals surface area contributed by atoms with Crippen molar-refractivity contribution in [2.24, 2.45) is 0 Å². The van der Waals surface area contributed by atoms with Crippen LogP contribution in [0.15, 0.2) is 42.5 Å². The molecule has 176 valence electrons. The van der Waals surface area contributed by atoms with Gasteiger partial charge < -0.3 is 4.74 Å². The van der Waals surface area contributed by atoms with Crippen molar-refractivity contribution in [3.63, 3.8) is 0 Å². The summed E-state index contributed by atoms with van der Waals surface area (Å²) in [4.78, 5) is 5.10. The second kappa shape index (κ2) is 11.7. The average molecular weight is 463 g/mol. The Bertz CT molecular complexity index is 1070. The third-order valence-electron chi connectivity index (χ3n) is 6.34. The van der Waals surface area contributed by atoms with Gasteiger partial charge in [0.1, 0.15) is 12.4 Å². The first-order valence-electron chi connectivity index (χ1n) is 12.0. The second-order valence-electron chi connectivity index (χ2n) is 8.88. The molecular weight excluding hydrogens is 424 g/mol. The van der Waals surface area contributed by atoms with Crippen molar-refractivity contribution in [3.8, 4) is 17.0 Å². The zero-order valence-corrected chi connectivity index (χ0v) is 22.0. The molecule has 0 aliphatic heterocycles. The van der Waals surface area contributed by atoms with Crippen LogP contribution in [0.1, 0.15) is 72.7 Å². The number of hydrogen-bond acceptors (Lipinski definition) is 4. The Hall–Kier alpha value is -2.30. The van der Waals surface area contributed by atoms with Crippen LogP contribution in [-0.4, -0.2) is 11.2 Å². The van der Waals surface area contributed by atoms with Gasteiger partial charge >= 0.3 is 0 Å². The van der Waals surface area contributed by atoms with Gasteiger partial charge in [-0.15, -0.1) is 0 Å². The lowest BCUT2D eigenvalue weighted by Crippen LogP contribution is -2.12. The van der Waals surface area contributed by atoms with Gasteiger partial charge in [0.2, 0.25) is 0 Å². The van der Waals surface area contributed by atoms with E-state index in [1.807, 2.05) is 0 Å². The maximum absolute atomic E-state index is 6.38. The van der Waals surface area contributed by atoms with Gasteiger partial charge in [-0.05, 0) is 78.8 Å². The molecule has 0 saturated heterocycles. The van der Waals surface area contributed by atoms with Crippen LogP contribution < -0.4 is 9.46 Å². The number of nitrogens with zero attached hydrogens (tertiary/aromatic N) is 1. The molecule has 0 bridgehead atoms. The lowest BCUT2D eigenvalue weighted by molar-refractivity contribution is 0.301. The van der Waals surface area contributed by atoms with E-state index in [0.717, 1.165) is 42.1 Å². The van der Waals surface area contributed by atoms with Crippen LogP contribution in [0.25, 0.3) is 11.3 Å². The Kier molecular flexibility index (Phi) is 8.99. The first-order valence-corrected chi connectivity index (χ1v) is 13.2. The fraction of sp³-hybridized carbons (Fsp3) is 0.414. The molecule has 3 rings (SSSR count). The Labute approximate surface area is 204 Å². The third-order valence-corrected chi connectivity index (χ3v) is 6.77. The highest BCUT2D eigenvalue weighted by Gasteiger charge is 2.16. The second-order valence-corrected chi connectivity index (χ2v) is 9.58. The number of pyridine rings is 1. The van der Waals surface area contributed by atoms with Crippen LogP contribution in [0.3, 0.4) is 0 Å². The van der Waals surface area contributed by atoms with E-state index >= 15 is 0 Å². The van der Waals surface area contributed by atoms with E-state index in [-0.39, 0.29) is 0 Å². The largest absolute Gasteiger partial charge is 0.489 e. The molecule has 3 nitrogen and oxygen atoms in total. The van der Waals surface area contributed by atoms with Crippen LogP contribution in [0.4, 0.5) is 0 Å². The molecule has 0 unspecified atom stereocenters. The SMILES string of the molecule is CCc1cccc(CC)c1-c1cc(CNSC)c(COc2cc(C(C)C)ccc2C)c(C)n1. The van der Waals surface area contributed by atoms with Gasteiger partial charge in [-0.2, -0.15) is 0 Å². The molecule has 1 aromatic heterocycles. The summed E-state index contributed by atoms with van der Waals surface area (Å²) in [5, 5.41) is 0. The molecule has 0 aliphatic carbocycles. The average Bonchev–Trinajstić information content (AvgIpc) is 2.81. The van der Waals surface area contributed by atoms with Crippen molar-refractivity contribution >= 4 is 11.9 Å². The van der Waals surface area contributed by atoms with E-state index in [9.17, 15) is 0 Å². The quantitative estimate of drug-likeness (QED) is 0.315. The highest BCUT2D eigenvalue weighted by molar-refractivity contribution is 7.96. The van der Waals surface area contributed by atoms with Gasteiger partial charge in [0.05, 0.1) is 5.69 Å². The van der Waals surface area contributed by atoms with E-state index < -0.39 is 0 Å².